The van der Waals surface area contributed by atoms with Crippen molar-refractivity contribution in [1.82, 2.24) is 4.72 Å². The Morgan fingerprint density at radius 3 is 2.86 bits per heavy atom. The standard InChI is InChI=1S/C15H22N2O3S.ClH/c16-13-4-5-14-12(8-13)2-1-3-15(14)17-21(18,19)10-11-6-7-20-9-11;/h4-5,8,11,15,17H,1-3,6-7,9-10,16H2;1H. The van der Waals surface area contributed by atoms with E-state index < -0.39 is 10.0 Å². The first kappa shape index (κ1) is 17.5. The molecular formula is C15H23ClN2O3S. The molecule has 0 saturated carbocycles. The van der Waals surface area contributed by atoms with Gasteiger partial charge in [-0.2, -0.15) is 0 Å². The Bertz CT molecular complexity index is 615. The van der Waals surface area contributed by atoms with Gasteiger partial charge in [-0.25, -0.2) is 13.1 Å². The van der Waals surface area contributed by atoms with Gasteiger partial charge in [-0.3, -0.25) is 0 Å². The monoisotopic (exact) mass is 346 g/mol. The van der Waals surface area contributed by atoms with E-state index in [-0.39, 0.29) is 30.1 Å². The summed E-state index contributed by atoms with van der Waals surface area (Å²) >= 11 is 0. The minimum absolute atomic E-state index is 0. The van der Waals surface area contributed by atoms with Crippen molar-refractivity contribution in [2.75, 3.05) is 24.7 Å². The predicted octanol–water partition coefficient (Wildman–Crippen LogP) is 2.02. The summed E-state index contributed by atoms with van der Waals surface area (Å²) in [6.07, 6.45) is 3.63. The van der Waals surface area contributed by atoms with Crippen LogP contribution in [0, 0.1) is 5.92 Å². The number of halogens is 1. The van der Waals surface area contributed by atoms with Crippen LogP contribution in [0.25, 0.3) is 0 Å². The smallest absolute Gasteiger partial charge is 0.212 e. The Kier molecular flexibility index (Phi) is 5.71. The number of ether oxygens (including phenoxy) is 1. The highest BCUT2D eigenvalue weighted by Gasteiger charge is 2.28. The van der Waals surface area contributed by atoms with Crippen molar-refractivity contribution in [2.45, 2.75) is 31.7 Å². The molecule has 2 aliphatic rings. The number of fused-ring (bicyclic) bond motifs is 1. The summed E-state index contributed by atoms with van der Waals surface area (Å²) in [6.45, 7) is 1.23. The van der Waals surface area contributed by atoms with Crippen molar-refractivity contribution in [2.24, 2.45) is 5.92 Å². The molecule has 0 aromatic heterocycles. The van der Waals surface area contributed by atoms with Gasteiger partial charge in [0.15, 0.2) is 0 Å². The average Bonchev–Trinajstić information content (AvgIpc) is 2.90. The lowest BCUT2D eigenvalue weighted by atomic mass is 9.88. The van der Waals surface area contributed by atoms with Crippen molar-refractivity contribution in [3.05, 3.63) is 29.3 Å². The molecule has 5 nitrogen and oxygen atoms in total. The lowest BCUT2D eigenvalue weighted by Crippen LogP contribution is -2.35. The van der Waals surface area contributed by atoms with E-state index in [0.717, 1.165) is 42.5 Å². The van der Waals surface area contributed by atoms with Gasteiger partial charge in [-0.05, 0) is 54.9 Å². The van der Waals surface area contributed by atoms with Crippen LogP contribution in [0.1, 0.15) is 36.4 Å². The number of nitrogens with two attached hydrogens (primary N) is 1. The molecule has 0 spiro atoms. The zero-order valence-corrected chi connectivity index (χ0v) is 14.1. The first-order valence-electron chi connectivity index (χ1n) is 7.49. The van der Waals surface area contributed by atoms with E-state index in [4.69, 9.17) is 10.5 Å². The molecule has 1 fully saturated rings. The van der Waals surface area contributed by atoms with Gasteiger partial charge in [-0.15, -0.1) is 12.4 Å². The van der Waals surface area contributed by atoms with Gasteiger partial charge < -0.3 is 10.5 Å². The number of anilines is 1. The second-order valence-electron chi connectivity index (χ2n) is 6.03. The molecule has 1 aliphatic carbocycles. The number of rotatable bonds is 4. The van der Waals surface area contributed by atoms with E-state index in [2.05, 4.69) is 4.72 Å². The number of benzene rings is 1. The van der Waals surface area contributed by atoms with E-state index in [1.54, 1.807) is 0 Å². The predicted molar refractivity (Wildman–Crippen MR) is 89.6 cm³/mol. The molecule has 2 atom stereocenters. The van der Waals surface area contributed by atoms with Crippen molar-refractivity contribution in [3.63, 3.8) is 0 Å². The highest BCUT2D eigenvalue weighted by molar-refractivity contribution is 7.89. The van der Waals surface area contributed by atoms with Gasteiger partial charge in [-0.1, -0.05) is 6.07 Å². The minimum Gasteiger partial charge on any atom is -0.399 e. The van der Waals surface area contributed by atoms with Gasteiger partial charge in [0.2, 0.25) is 10.0 Å². The van der Waals surface area contributed by atoms with Crippen LogP contribution in [0.5, 0.6) is 0 Å². The third-order valence-corrected chi connectivity index (χ3v) is 5.84. The minimum atomic E-state index is -3.28. The highest BCUT2D eigenvalue weighted by Crippen LogP contribution is 2.31. The summed E-state index contributed by atoms with van der Waals surface area (Å²) in [4.78, 5) is 0. The first-order chi connectivity index (χ1) is 10.0. The van der Waals surface area contributed by atoms with Gasteiger partial charge in [0.1, 0.15) is 0 Å². The fourth-order valence-electron chi connectivity index (χ4n) is 3.25. The number of sulfonamides is 1. The summed E-state index contributed by atoms with van der Waals surface area (Å²) in [5.41, 5.74) is 8.78. The molecule has 22 heavy (non-hydrogen) atoms. The van der Waals surface area contributed by atoms with Crippen LogP contribution in [0.15, 0.2) is 18.2 Å². The lowest BCUT2D eigenvalue weighted by molar-refractivity contribution is 0.188. The summed E-state index contributed by atoms with van der Waals surface area (Å²) in [5.74, 6) is 0.283. The van der Waals surface area contributed by atoms with Crippen LogP contribution >= 0.6 is 12.4 Å². The quantitative estimate of drug-likeness (QED) is 0.817. The van der Waals surface area contributed by atoms with Crippen molar-refractivity contribution in [1.29, 1.82) is 0 Å². The summed E-state index contributed by atoms with van der Waals surface area (Å²) < 4.78 is 32.8. The topological polar surface area (TPSA) is 81.4 Å². The van der Waals surface area contributed by atoms with E-state index in [0.29, 0.717) is 13.2 Å². The molecule has 1 saturated heterocycles. The molecule has 124 valence electrons. The molecule has 3 rings (SSSR count). The number of nitrogen functional groups attached to an aromatic ring is 1. The van der Waals surface area contributed by atoms with Crippen molar-refractivity contribution in [3.8, 4) is 0 Å². The lowest BCUT2D eigenvalue weighted by Gasteiger charge is -2.27. The van der Waals surface area contributed by atoms with Crippen molar-refractivity contribution < 1.29 is 13.2 Å². The molecule has 3 N–H and O–H groups in total. The first-order valence-corrected chi connectivity index (χ1v) is 9.15. The molecule has 1 aliphatic heterocycles. The second-order valence-corrected chi connectivity index (χ2v) is 7.83. The Balaban J connectivity index is 0.00000176. The normalized spacial score (nSPS) is 24.5. The maximum atomic E-state index is 12.3. The van der Waals surface area contributed by atoms with Crippen LogP contribution in [-0.2, 0) is 21.2 Å². The number of nitrogens with one attached hydrogen (secondary N) is 1. The molecule has 0 radical (unpaired) electrons. The zero-order chi connectivity index (χ0) is 14.9. The molecule has 1 aromatic carbocycles. The number of hydrogen-bond donors (Lipinski definition) is 2. The Hall–Kier alpha value is -0.820. The van der Waals surface area contributed by atoms with E-state index >= 15 is 0 Å². The maximum absolute atomic E-state index is 12.3. The highest BCUT2D eigenvalue weighted by atomic mass is 35.5. The Morgan fingerprint density at radius 2 is 2.14 bits per heavy atom. The maximum Gasteiger partial charge on any atom is 0.212 e. The van der Waals surface area contributed by atoms with E-state index in [1.807, 2.05) is 18.2 Å². The Labute approximate surface area is 138 Å². The van der Waals surface area contributed by atoms with Crippen LogP contribution in [0.3, 0.4) is 0 Å². The van der Waals surface area contributed by atoms with Crippen LogP contribution < -0.4 is 10.5 Å². The van der Waals surface area contributed by atoms with Crippen LogP contribution in [0.2, 0.25) is 0 Å². The number of hydrogen-bond acceptors (Lipinski definition) is 4. The molecule has 0 amide bonds. The molecule has 7 heteroatoms. The Morgan fingerprint density at radius 1 is 1.32 bits per heavy atom. The molecule has 2 unspecified atom stereocenters. The molecular weight excluding hydrogens is 324 g/mol. The average molecular weight is 347 g/mol. The summed E-state index contributed by atoms with van der Waals surface area (Å²) in [5, 5.41) is 0. The molecule has 0 bridgehead atoms. The van der Waals surface area contributed by atoms with E-state index in [1.165, 1.54) is 0 Å². The van der Waals surface area contributed by atoms with Gasteiger partial charge in [0, 0.05) is 18.3 Å². The van der Waals surface area contributed by atoms with Gasteiger partial charge in [0.25, 0.3) is 0 Å². The summed E-state index contributed by atoms with van der Waals surface area (Å²) in [7, 11) is -3.28. The summed E-state index contributed by atoms with van der Waals surface area (Å²) in [6, 6.07) is 5.63. The van der Waals surface area contributed by atoms with Gasteiger partial charge >= 0.3 is 0 Å². The fourth-order valence-corrected chi connectivity index (χ4v) is 4.90. The SMILES string of the molecule is Cl.Nc1ccc2c(c1)CCCC2NS(=O)(=O)CC1CCOC1. The molecule has 1 aromatic rings. The second kappa shape index (κ2) is 7.17. The fraction of sp³-hybridized carbons (Fsp3) is 0.600. The third kappa shape index (κ3) is 4.13. The molecule has 1 heterocycles. The number of aryl methyl sites for hydroxylation is 1. The largest absolute Gasteiger partial charge is 0.399 e. The zero-order valence-electron chi connectivity index (χ0n) is 12.5. The van der Waals surface area contributed by atoms with E-state index in [9.17, 15) is 8.42 Å². The van der Waals surface area contributed by atoms with Crippen molar-refractivity contribution >= 4 is 28.1 Å². The van der Waals surface area contributed by atoms with Crippen LogP contribution in [0.4, 0.5) is 5.69 Å². The van der Waals surface area contributed by atoms with Crippen LogP contribution in [-0.4, -0.2) is 27.4 Å². The van der Waals surface area contributed by atoms with Gasteiger partial charge in [0.05, 0.1) is 12.4 Å². The third-order valence-electron chi connectivity index (χ3n) is 4.28.